The monoisotopic (exact) mass is 498 g/mol. The molecular formula is C22H24N7O5S+. The summed E-state index contributed by atoms with van der Waals surface area (Å²) in [5.41, 5.74) is 7.09. The number of aliphatic carboxylic acids is 1. The first kappa shape index (κ1) is 24.1. The number of amides is 2. The molecule has 2 aromatic rings. The molecule has 12 nitrogen and oxygen atoms in total. The van der Waals surface area contributed by atoms with Crippen molar-refractivity contribution in [2.75, 3.05) is 18.6 Å². The van der Waals surface area contributed by atoms with E-state index in [2.05, 4.69) is 20.4 Å². The third-order valence-electron chi connectivity index (χ3n) is 5.52. The van der Waals surface area contributed by atoms with Crippen LogP contribution in [0.1, 0.15) is 18.3 Å². The van der Waals surface area contributed by atoms with Gasteiger partial charge in [-0.05, 0) is 18.6 Å². The highest BCUT2D eigenvalue weighted by Gasteiger charge is 2.54. The first-order valence-electron chi connectivity index (χ1n) is 10.7. The molecule has 4 heterocycles. The summed E-state index contributed by atoms with van der Waals surface area (Å²) in [4.78, 5) is 51.9. The van der Waals surface area contributed by atoms with Crippen LogP contribution < -0.4 is 15.6 Å². The molecule has 1 saturated heterocycles. The fraction of sp³-hybridized carbons (Fsp3) is 0.318. The van der Waals surface area contributed by atoms with E-state index in [0.717, 1.165) is 12.0 Å². The maximum atomic E-state index is 13.0. The molecule has 2 aromatic heterocycles. The fourth-order valence-electron chi connectivity index (χ4n) is 3.88. The van der Waals surface area contributed by atoms with Crippen molar-refractivity contribution in [3.05, 3.63) is 59.4 Å². The molecule has 4 rings (SSSR count). The molecule has 13 heteroatoms. The lowest BCUT2D eigenvalue weighted by molar-refractivity contribution is -0.689. The normalized spacial score (nSPS) is 19.7. The van der Waals surface area contributed by atoms with Crippen molar-refractivity contribution in [1.29, 1.82) is 0 Å². The average Bonchev–Trinajstić information content (AvgIpc) is 2.85. The summed E-state index contributed by atoms with van der Waals surface area (Å²) in [5.74, 6) is -2.00. The lowest BCUT2D eigenvalue weighted by Crippen LogP contribution is -2.71. The molecule has 2 atom stereocenters. The number of nitrogens with two attached hydrogens (primary N) is 1. The van der Waals surface area contributed by atoms with E-state index in [4.69, 9.17) is 10.6 Å². The van der Waals surface area contributed by atoms with Crippen molar-refractivity contribution in [2.45, 2.75) is 31.3 Å². The molecule has 4 N–H and O–H groups in total. The Labute approximate surface area is 204 Å². The standard InChI is InChI=1S/C22H23N7O5S/c1-3-12-5-4-8-28(9-12)10-13-11-35-21-16(20(31)29(21)17(13)22(32)33)26-19(30)15(27-34-2)18-24-7-6-14(23)25-18/h4-9,16,21H,3,10-11H2,1-2H3,(H3-,23,24,25,26,30,32,33)/p+1/b27-15-/t16?,21-/m1/s1. The molecule has 0 radical (unpaired) electrons. The van der Waals surface area contributed by atoms with Crippen molar-refractivity contribution < 1.29 is 28.9 Å². The van der Waals surface area contributed by atoms with Crippen molar-refractivity contribution in [3.8, 4) is 0 Å². The summed E-state index contributed by atoms with van der Waals surface area (Å²) in [5, 5.41) is 15.6. The van der Waals surface area contributed by atoms with Crippen LogP contribution in [0.25, 0.3) is 0 Å². The van der Waals surface area contributed by atoms with Crippen LogP contribution in [0.15, 0.2) is 53.2 Å². The number of carbonyl (C=O) groups excluding carboxylic acids is 2. The SMILES string of the molecule is CCc1ccc[n+](CC2=C(C(=O)O)N3C(=O)C(NC(=O)/C(=N\OC)c4nccc(N)n4)[C@H]3SC2)c1. The molecule has 0 saturated carbocycles. The minimum Gasteiger partial charge on any atom is -0.477 e. The van der Waals surface area contributed by atoms with E-state index in [9.17, 15) is 19.5 Å². The Morgan fingerprint density at radius 1 is 1.43 bits per heavy atom. The Morgan fingerprint density at radius 3 is 2.91 bits per heavy atom. The molecule has 1 fully saturated rings. The molecule has 0 bridgehead atoms. The number of oxime groups is 1. The second-order valence-electron chi connectivity index (χ2n) is 7.78. The van der Waals surface area contributed by atoms with Gasteiger partial charge in [-0.25, -0.2) is 19.3 Å². The second kappa shape index (κ2) is 10.1. The number of fused-ring (bicyclic) bond motifs is 1. The summed E-state index contributed by atoms with van der Waals surface area (Å²) in [6, 6.07) is 4.41. The zero-order valence-electron chi connectivity index (χ0n) is 19.0. The van der Waals surface area contributed by atoms with Gasteiger partial charge in [0, 0.05) is 29.2 Å². The topological polar surface area (TPSA) is 164 Å². The number of aromatic nitrogens is 3. The van der Waals surface area contributed by atoms with Crippen LogP contribution in [-0.2, 0) is 32.2 Å². The fourth-order valence-corrected chi connectivity index (χ4v) is 5.22. The molecule has 2 amide bonds. The van der Waals surface area contributed by atoms with Crippen molar-refractivity contribution in [3.63, 3.8) is 0 Å². The summed E-state index contributed by atoms with van der Waals surface area (Å²) < 4.78 is 1.90. The summed E-state index contributed by atoms with van der Waals surface area (Å²) in [6.07, 6.45) is 6.03. The van der Waals surface area contributed by atoms with Crippen LogP contribution in [0.2, 0.25) is 0 Å². The zero-order valence-corrected chi connectivity index (χ0v) is 19.9. The number of β-lactam (4-membered cyclic amide) rings is 1. The molecule has 2 aliphatic rings. The maximum Gasteiger partial charge on any atom is 0.352 e. The van der Waals surface area contributed by atoms with Gasteiger partial charge < -0.3 is 21.0 Å². The second-order valence-corrected chi connectivity index (χ2v) is 8.89. The highest BCUT2D eigenvalue weighted by atomic mass is 32.2. The predicted molar refractivity (Wildman–Crippen MR) is 126 cm³/mol. The number of rotatable bonds is 8. The predicted octanol–water partition coefficient (Wildman–Crippen LogP) is -0.302. The van der Waals surface area contributed by atoms with E-state index >= 15 is 0 Å². The number of pyridine rings is 1. The van der Waals surface area contributed by atoms with Crippen LogP contribution >= 0.6 is 11.8 Å². The van der Waals surface area contributed by atoms with E-state index in [-0.39, 0.29) is 23.1 Å². The largest absolute Gasteiger partial charge is 0.477 e. The molecule has 35 heavy (non-hydrogen) atoms. The minimum atomic E-state index is -1.19. The molecule has 1 unspecified atom stereocenters. The van der Waals surface area contributed by atoms with Crippen LogP contribution in [-0.4, -0.2) is 67.7 Å². The number of hydrogen-bond donors (Lipinski definition) is 3. The lowest BCUT2D eigenvalue weighted by atomic mass is 10.0. The number of nitrogens with zero attached hydrogens (tertiary/aromatic N) is 5. The molecule has 182 valence electrons. The van der Waals surface area contributed by atoms with Crippen molar-refractivity contribution >= 4 is 41.1 Å². The third kappa shape index (κ3) is 4.80. The number of carbonyl (C=O) groups is 3. The van der Waals surface area contributed by atoms with Crippen molar-refractivity contribution in [1.82, 2.24) is 20.2 Å². The molecule has 2 aliphatic heterocycles. The quantitative estimate of drug-likeness (QED) is 0.192. The van der Waals surface area contributed by atoms with Crippen LogP contribution in [0.5, 0.6) is 0 Å². The number of anilines is 1. The van der Waals surface area contributed by atoms with Gasteiger partial charge in [-0.1, -0.05) is 12.1 Å². The van der Waals surface area contributed by atoms with Gasteiger partial charge in [0.05, 0.1) is 0 Å². The number of aryl methyl sites for hydroxylation is 1. The maximum absolute atomic E-state index is 13.0. The van der Waals surface area contributed by atoms with Crippen LogP contribution in [0.3, 0.4) is 0 Å². The van der Waals surface area contributed by atoms with Gasteiger partial charge in [0.15, 0.2) is 24.8 Å². The molecule has 0 spiro atoms. The number of carboxylic acid groups (broad SMARTS) is 1. The first-order valence-corrected chi connectivity index (χ1v) is 11.8. The number of nitrogen functional groups attached to an aromatic ring is 1. The van der Waals surface area contributed by atoms with Gasteiger partial charge >= 0.3 is 5.97 Å². The van der Waals surface area contributed by atoms with Gasteiger partial charge in [0.1, 0.15) is 30.0 Å². The lowest BCUT2D eigenvalue weighted by Gasteiger charge is -2.49. The minimum absolute atomic E-state index is 0.0522. The number of carboxylic acids is 1. The van der Waals surface area contributed by atoms with Crippen LogP contribution in [0.4, 0.5) is 5.82 Å². The number of thioether (sulfide) groups is 1. The Hall–Kier alpha value is -4.00. The highest BCUT2D eigenvalue weighted by molar-refractivity contribution is 8.00. The van der Waals surface area contributed by atoms with Gasteiger partial charge in [0.25, 0.3) is 11.8 Å². The van der Waals surface area contributed by atoms with Crippen LogP contribution in [0, 0.1) is 0 Å². The zero-order chi connectivity index (χ0) is 25.1. The van der Waals surface area contributed by atoms with Gasteiger partial charge in [0.2, 0.25) is 5.71 Å². The third-order valence-corrected chi connectivity index (χ3v) is 6.86. The summed E-state index contributed by atoms with van der Waals surface area (Å²) in [6.45, 7) is 2.38. The number of nitrogens with one attached hydrogen (secondary N) is 1. The molecule has 0 aliphatic carbocycles. The van der Waals surface area contributed by atoms with E-state index < -0.39 is 29.2 Å². The van der Waals surface area contributed by atoms with Gasteiger partial charge in [-0.2, -0.15) is 0 Å². The molecule has 0 aromatic carbocycles. The van der Waals surface area contributed by atoms with Gasteiger partial charge in [-0.15, -0.1) is 11.8 Å². The average molecular weight is 499 g/mol. The Morgan fingerprint density at radius 2 is 2.23 bits per heavy atom. The Bertz CT molecular complexity index is 1250. The van der Waals surface area contributed by atoms with Crippen molar-refractivity contribution in [2.24, 2.45) is 5.16 Å². The van der Waals surface area contributed by atoms with E-state index in [1.54, 1.807) is 0 Å². The highest BCUT2D eigenvalue weighted by Crippen LogP contribution is 2.40. The first-order chi connectivity index (χ1) is 16.8. The van der Waals surface area contributed by atoms with E-state index in [1.165, 1.54) is 36.0 Å². The summed E-state index contributed by atoms with van der Waals surface area (Å²) >= 11 is 1.38. The van der Waals surface area contributed by atoms with E-state index in [0.29, 0.717) is 17.9 Å². The smallest absolute Gasteiger partial charge is 0.352 e. The van der Waals surface area contributed by atoms with E-state index in [1.807, 2.05) is 36.0 Å². The van der Waals surface area contributed by atoms with Gasteiger partial charge in [-0.3, -0.25) is 14.5 Å². The number of hydrogen-bond acceptors (Lipinski definition) is 9. The summed E-state index contributed by atoms with van der Waals surface area (Å²) in [7, 11) is 1.26. The Balaban J connectivity index is 1.54. The Kier molecular flexibility index (Phi) is 6.96. The molecular weight excluding hydrogens is 474 g/mol.